The number of aromatic nitrogens is 6. The van der Waals surface area contributed by atoms with E-state index in [0.717, 1.165) is 28.5 Å². The number of aromatic amines is 2. The van der Waals surface area contributed by atoms with Crippen LogP contribution in [0.5, 0.6) is 0 Å². The van der Waals surface area contributed by atoms with Crippen molar-refractivity contribution >= 4 is 34.8 Å². The molecule has 148 valence electrons. The third-order valence-corrected chi connectivity index (χ3v) is 4.84. The SMILES string of the molecule is CNc1cc(-c2nc(Cc3cc(-c4nc(C)[nH]c4Cl)cc(N)n3)[nH]c2Cl)ccn1. The second kappa shape index (κ2) is 7.73. The smallest absolute Gasteiger partial charge is 0.134 e. The molecular formula is C19H18Cl2N8. The summed E-state index contributed by atoms with van der Waals surface area (Å²) in [6.07, 6.45) is 2.12. The van der Waals surface area contributed by atoms with Crippen molar-refractivity contribution in [3.05, 3.63) is 58.1 Å². The predicted molar refractivity (Wildman–Crippen MR) is 115 cm³/mol. The number of pyridine rings is 2. The van der Waals surface area contributed by atoms with E-state index in [1.165, 1.54) is 0 Å². The summed E-state index contributed by atoms with van der Waals surface area (Å²) >= 11 is 12.6. The Morgan fingerprint density at radius 1 is 1.00 bits per heavy atom. The molecule has 29 heavy (non-hydrogen) atoms. The summed E-state index contributed by atoms with van der Waals surface area (Å²) in [6, 6.07) is 7.36. The fourth-order valence-electron chi connectivity index (χ4n) is 3.05. The van der Waals surface area contributed by atoms with Crippen LogP contribution in [0.15, 0.2) is 30.5 Å². The average Bonchev–Trinajstić information content (AvgIpc) is 3.22. The lowest BCUT2D eigenvalue weighted by Gasteiger charge is -2.04. The zero-order valence-corrected chi connectivity index (χ0v) is 17.2. The van der Waals surface area contributed by atoms with Crippen molar-refractivity contribution < 1.29 is 0 Å². The normalized spacial score (nSPS) is 11.0. The number of nitrogen functional groups attached to an aromatic ring is 1. The summed E-state index contributed by atoms with van der Waals surface area (Å²) in [5.74, 6) is 2.50. The Hall–Kier alpha value is -3.10. The van der Waals surface area contributed by atoms with Gasteiger partial charge in [-0.2, -0.15) is 0 Å². The van der Waals surface area contributed by atoms with Gasteiger partial charge in [0, 0.05) is 30.8 Å². The zero-order chi connectivity index (χ0) is 20.5. The summed E-state index contributed by atoms with van der Waals surface area (Å²) in [7, 11) is 1.81. The number of H-pyrrole nitrogens is 2. The van der Waals surface area contributed by atoms with Crippen molar-refractivity contribution in [2.24, 2.45) is 0 Å². The van der Waals surface area contributed by atoms with E-state index in [0.29, 0.717) is 39.8 Å². The van der Waals surface area contributed by atoms with E-state index < -0.39 is 0 Å². The van der Waals surface area contributed by atoms with E-state index in [9.17, 15) is 0 Å². The van der Waals surface area contributed by atoms with Gasteiger partial charge >= 0.3 is 0 Å². The van der Waals surface area contributed by atoms with E-state index in [-0.39, 0.29) is 0 Å². The highest BCUT2D eigenvalue weighted by atomic mass is 35.5. The molecule has 4 heterocycles. The quantitative estimate of drug-likeness (QED) is 0.379. The van der Waals surface area contributed by atoms with Gasteiger partial charge in [-0.05, 0) is 31.2 Å². The molecule has 0 fully saturated rings. The van der Waals surface area contributed by atoms with Crippen LogP contribution >= 0.6 is 23.2 Å². The highest BCUT2D eigenvalue weighted by molar-refractivity contribution is 6.32. The van der Waals surface area contributed by atoms with Crippen molar-refractivity contribution in [1.29, 1.82) is 0 Å². The van der Waals surface area contributed by atoms with Crippen molar-refractivity contribution in [2.45, 2.75) is 13.3 Å². The summed E-state index contributed by atoms with van der Waals surface area (Å²) in [6.45, 7) is 1.84. The van der Waals surface area contributed by atoms with Gasteiger partial charge in [-0.15, -0.1) is 0 Å². The minimum atomic E-state index is 0.375. The summed E-state index contributed by atoms with van der Waals surface area (Å²) < 4.78 is 0. The van der Waals surface area contributed by atoms with Crippen LogP contribution in [0.4, 0.5) is 11.6 Å². The van der Waals surface area contributed by atoms with Gasteiger partial charge in [0.15, 0.2) is 0 Å². The van der Waals surface area contributed by atoms with Crippen molar-refractivity contribution in [3.8, 4) is 22.5 Å². The molecule has 0 aliphatic heterocycles. The lowest BCUT2D eigenvalue weighted by atomic mass is 10.1. The zero-order valence-electron chi connectivity index (χ0n) is 15.7. The van der Waals surface area contributed by atoms with Crippen LogP contribution in [0.2, 0.25) is 10.3 Å². The van der Waals surface area contributed by atoms with Crippen LogP contribution in [-0.2, 0) is 6.42 Å². The van der Waals surface area contributed by atoms with Gasteiger partial charge in [-0.1, -0.05) is 23.2 Å². The van der Waals surface area contributed by atoms with Crippen molar-refractivity contribution in [1.82, 2.24) is 29.9 Å². The first-order valence-electron chi connectivity index (χ1n) is 8.80. The van der Waals surface area contributed by atoms with Crippen LogP contribution in [0.1, 0.15) is 17.3 Å². The highest BCUT2D eigenvalue weighted by Gasteiger charge is 2.15. The number of nitrogens with one attached hydrogen (secondary N) is 3. The number of hydrogen-bond donors (Lipinski definition) is 4. The molecule has 0 atom stereocenters. The van der Waals surface area contributed by atoms with E-state index in [1.54, 1.807) is 19.3 Å². The van der Waals surface area contributed by atoms with Gasteiger partial charge in [0.1, 0.15) is 45.0 Å². The summed E-state index contributed by atoms with van der Waals surface area (Å²) in [5, 5.41) is 3.91. The number of nitrogens with two attached hydrogens (primary N) is 1. The lowest BCUT2D eigenvalue weighted by Crippen LogP contribution is -2.00. The first-order chi connectivity index (χ1) is 13.9. The lowest BCUT2D eigenvalue weighted by molar-refractivity contribution is 0.981. The van der Waals surface area contributed by atoms with Crippen molar-refractivity contribution in [3.63, 3.8) is 0 Å². The molecule has 4 aromatic rings. The third-order valence-electron chi connectivity index (χ3n) is 4.30. The molecule has 4 aromatic heterocycles. The Morgan fingerprint density at radius 2 is 1.76 bits per heavy atom. The van der Waals surface area contributed by atoms with Gasteiger partial charge in [-0.25, -0.2) is 19.9 Å². The average molecular weight is 429 g/mol. The molecule has 0 unspecified atom stereocenters. The number of imidazole rings is 2. The minimum Gasteiger partial charge on any atom is -0.384 e. The van der Waals surface area contributed by atoms with Gasteiger partial charge in [-0.3, -0.25) is 0 Å². The van der Waals surface area contributed by atoms with Crippen LogP contribution in [0.25, 0.3) is 22.5 Å². The first-order valence-corrected chi connectivity index (χ1v) is 9.56. The van der Waals surface area contributed by atoms with Crippen LogP contribution in [-0.4, -0.2) is 37.0 Å². The van der Waals surface area contributed by atoms with Gasteiger partial charge in [0.05, 0.1) is 5.69 Å². The van der Waals surface area contributed by atoms with Crippen LogP contribution in [0, 0.1) is 6.92 Å². The minimum absolute atomic E-state index is 0.375. The third kappa shape index (κ3) is 4.03. The second-order valence-electron chi connectivity index (χ2n) is 6.46. The molecule has 0 bridgehead atoms. The highest BCUT2D eigenvalue weighted by Crippen LogP contribution is 2.29. The molecule has 0 saturated carbocycles. The Bertz CT molecular complexity index is 1180. The van der Waals surface area contributed by atoms with Crippen molar-refractivity contribution in [2.75, 3.05) is 18.1 Å². The van der Waals surface area contributed by atoms with Gasteiger partial charge < -0.3 is 21.0 Å². The van der Waals surface area contributed by atoms with Crippen LogP contribution in [0.3, 0.4) is 0 Å². The maximum absolute atomic E-state index is 6.39. The number of hydrogen-bond acceptors (Lipinski definition) is 6. The molecule has 4 rings (SSSR count). The Kier molecular flexibility index (Phi) is 5.12. The standard InChI is InChI=1S/C19H18Cl2N8/c1-9-25-17(18(20)26-9)11-5-12(27-13(22)6-11)8-15-28-16(19(21)29-15)10-3-4-24-14(7-10)23-2/h3-7H,8H2,1-2H3,(H2,22,27)(H,23,24)(H,25,26)(H,28,29). The van der Waals surface area contributed by atoms with Crippen LogP contribution < -0.4 is 11.1 Å². The Labute approximate surface area is 176 Å². The molecule has 0 saturated heterocycles. The van der Waals surface area contributed by atoms with Gasteiger partial charge in [0.2, 0.25) is 0 Å². The molecule has 0 aliphatic carbocycles. The predicted octanol–water partition coefficient (Wildman–Crippen LogP) is 4.09. The number of anilines is 2. The maximum Gasteiger partial charge on any atom is 0.134 e. The Morgan fingerprint density at radius 3 is 2.48 bits per heavy atom. The largest absolute Gasteiger partial charge is 0.384 e. The second-order valence-corrected chi connectivity index (χ2v) is 7.22. The number of rotatable bonds is 5. The number of nitrogens with zero attached hydrogens (tertiary/aromatic N) is 4. The molecule has 8 nitrogen and oxygen atoms in total. The Balaban J connectivity index is 1.66. The molecule has 0 spiro atoms. The van der Waals surface area contributed by atoms with E-state index in [1.807, 2.05) is 25.1 Å². The molecule has 5 N–H and O–H groups in total. The first kappa shape index (κ1) is 19.2. The van der Waals surface area contributed by atoms with E-state index in [2.05, 4.69) is 35.2 Å². The molecular weight excluding hydrogens is 411 g/mol. The molecule has 0 radical (unpaired) electrons. The fourth-order valence-corrected chi connectivity index (χ4v) is 3.60. The maximum atomic E-state index is 6.39. The van der Waals surface area contributed by atoms with E-state index in [4.69, 9.17) is 28.9 Å². The summed E-state index contributed by atoms with van der Waals surface area (Å²) in [5.41, 5.74) is 9.65. The molecule has 10 heteroatoms. The number of halogens is 2. The topological polar surface area (TPSA) is 121 Å². The summed E-state index contributed by atoms with van der Waals surface area (Å²) in [4.78, 5) is 23.8. The van der Waals surface area contributed by atoms with Gasteiger partial charge in [0.25, 0.3) is 0 Å². The monoisotopic (exact) mass is 428 g/mol. The van der Waals surface area contributed by atoms with E-state index >= 15 is 0 Å². The fraction of sp³-hybridized carbons (Fsp3) is 0.158. The molecule has 0 aliphatic rings. The molecule has 0 aromatic carbocycles. The number of aryl methyl sites for hydroxylation is 1. The molecule has 0 amide bonds.